The quantitative estimate of drug-likeness (QED) is 0.741. The molecule has 0 radical (unpaired) electrons. The van der Waals surface area contributed by atoms with Gasteiger partial charge in [0.1, 0.15) is 11.6 Å². The summed E-state index contributed by atoms with van der Waals surface area (Å²) in [5.74, 6) is 0.906. The lowest BCUT2D eigenvalue weighted by molar-refractivity contribution is 0.268. The number of rotatable bonds is 0. The number of fused-ring (bicyclic) bond motifs is 5. The zero-order valence-electron chi connectivity index (χ0n) is 12.1. The van der Waals surface area contributed by atoms with Crippen molar-refractivity contribution in [2.24, 2.45) is 0 Å². The average molecular weight is 283 g/mol. The maximum absolute atomic E-state index is 13.7. The number of likely N-dealkylation sites (N-methyl/N-ethyl adjacent to an activating group) is 1. The fourth-order valence-corrected chi connectivity index (χ4v) is 3.52. The lowest BCUT2D eigenvalue weighted by Gasteiger charge is -2.41. The van der Waals surface area contributed by atoms with E-state index in [-0.39, 0.29) is 11.9 Å². The first kappa shape index (κ1) is 12.8. The largest absolute Gasteiger partial charge is 0.347 e. The fourth-order valence-electron chi connectivity index (χ4n) is 3.52. The molecule has 3 nitrogen and oxygen atoms in total. The van der Waals surface area contributed by atoms with E-state index >= 15 is 0 Å². The van der Waals surface area contributed by atoms with Gasteiger partial charge in [0.05, 0.1) is 6.04 Å². The van der Waals surface area contributed by atoms with Gasteiger partial charge in [0, 0.05) is 32.3 Å². The minimum absolute atomic E-state index is 0.156. The third kappa shape index (κ3) is 2.10. The number of nitrogens with zero attached hydrogens (tertiary/aromatic N) is 3. The van der Waals surface area contributed by atoms with E-state index < -0.39 is 0 Å². The molecule has 2 aliphatic rings. The van der Waals surface area contributed by atoms with Crippen LogP contribution < -0.4 is 4.90 Å². The summed E-state index contributed by atoms with van der Waals surface area (Å²) >= 11 is 0. The van der Waals surface area contributed by atoms with Crippen molar-refractivity contribution in [1.29, 1.82) is 0 Å². The second-order valence-corrected chi connectivity index (χ2v) is 5.98. The molecule has 0 spiro atoms. The van der Waals surface area contributed by atoms with Gasteiger partial charge in [0.15, 0.2) is 0 Å². The SMILES string of the molecule is CN1CCN2c3ncccc3Cc3cc(F)ccc3C2C1. The van der Waals surface area contributed by atoms with Crippen LogP contribution in [0.3, 0.4) is 0 Å². The molecule has 1 aromatic heterocycles. The lowest BCUT2D eigenvalue weighted by Crippen LogP contribution is -2.47. The highest BCUT2D eigenvalue weighted by molar-refractivity contribution is 5.56. The van der Waals surface area contributed by atoms with Gasteiger partial charge in [-0.05, 0) is 41.9 Å². The van der Waals surface area contributed by atoms with E-state index in [9.17, 15) is 4.39 Å². The van der Waals surface area contributed by atoms with Crippen LogP contribution in [0.25, 0.3) is 0 Å². The van der Waals surface area contributed by atoms with Crippen molar-refractivity contribution in [2.75, 3.05) is 31.6 Å². The Hall–Kier alpha value is -1.94. The Balaban J connectivity index is 1.91. The van der Waals surface area contributed by atoms with Gasteiger partial charge in [-0.25, -0.2) is 9.37 Å². The summed E-state index contributed by atoms with van der Waals surface area (Å²) in [6.07, 6.45) is 2.61. The topological polar surface area (TPSA) is 19.4 Å². The molecule has 1 fully saturated rings. The van der Waals surface area contributed by atoms with Gasteiger partial charge in [-0.2, -0.15) is 0 Å². The zero-order chi connectivity index (χ0) is 14.4. The van der Waals surface area contributed by atoms with Crippen molar-refractivity contribution in [2.45, 2.75) is 12.5 Å². The summed E-state index contributed by atoms with van der Waals surface area (Å²) in [5.41, 5.74) is 3.52. The first-order valence-corrected chi connectivity index (χ1v) is 7.40. The van der Waals surface area contributed by atoms with Crippen LogP contribution in [0, 0.1) is 5.82 Å². The van der Waals surface area contributed by atoms with Gasteiger partial charge in [-0.3, -0.25) is 0 Å². The normalized spacial score (nSPS) is 21.2. The van der Waals surface area contributed by atoms with Gasteiger partial charge in [0.2, 0.25) is 0 Å². The lowest BCUT2D eigenvalue weighted by atomic mass is 9.96. The summed E-state index contributed by atoms with van der Waals surface area (Å²) in [6, 6.07) is 9.55. The minimum Gasteiger partial charge on any atom is -0.347 e. The molecular formula is C17H18FN3. The van der Waals surface area contributed by atoms with Crippen LogP contribution >= 0.6 is 0 Å². The molecule has 3 heterocycles. The predicted molar refractivity (Wildman–Crippen MR) is 81.0 cm³/mol. The average Bonchev–Trinajstić information content (AvgIpc) is 2.60. The van der Waals surface area contributed by atoms with Crippen LogP contribution in [0.1, 0.15) is 22.7 Å². The molecule has 108 valence electrons. The molecule has 2 aliphatic heterocycles. The Bertz CT molecular complexity index is 685. The molecule has 0 N–H and O–H groups in total. The Morgan fingerprint density at radius 2 is 2.10 bits per heavy atom. The van der Waals surface area contributed by atoms with E-state index in [0.29, 0.717) is 0 Å². The fraction of sp³-hybridized carbons (Fsp3) is 0.353. The molecule has 4 heteroatoms. The molecule has 0 aliphatic carbocycles. The highest BCUT2D eigenvalue weighted by Gasteiger charge is 2.33. The van der Waals surface area contributed by atoms with Crippen molar-refractivity contribution in [1.82, 2.24) is 9.88 Å². The van der Waals surface area contributed by atoms with Crippen LogP contribution in [0.15, 0.2) is 36.5 Å². The van der Waals surface area contributed by atoms with Crippen molar-refractivity contribution in [3.05, 3.63) is 59.0 Å². The Labute approximate surface area is 124 Å². The van der Waals surface area contributed by atoms with E-state index in [1.54, 1.807) is 12.1 Å². The van der Waals surface area contributed by atoms with Gasteiger partial charge in [0.25, 0.3) is 0 Å². The van der Waals surface area contributed by atoms with Crippen molar-refractivity contribution >= 4 is 5.82 Å². The maximum atomic E-state index is 13.7. The molecule has 1 unspecified atom stereocenters. The maximum Gasteiger partial charge on any atom is 0.132 e. The minimum atomic E-state index is -0.156. The third-order valence-electron chi connectivity index (χ3n) is 4.57. The van der Waals surface area contributed by atoms with E-state index in [0.717, 1.165) is 37.4 Å². The van der Waals surface area contributed by atoms with E-state index in [1.165, 1.54) is 11.1 Å². The van der Waals surface area contributed by atoms with Gasteiger partial charge < -0.3 is 9.80 Å². The molecule has 2 aromatic rings. The number of hydrogen-bond donors (Lipinski definition) is 0. The second kappa shape index (κ2) is 4.81. The predicted octanol–water partition coefficient (Wildman–Crippen LogP) is 2.62. The van der Waals surface area contributed by atoms with Crippen molar-refractivity contribution in [3.8, 4) is 0 Å². The van der Waals surface area contributed by atoms with Crippen LogP contribution in [-0.2, 0) is 6.42 Å². The first-order chi connectivity index (χ1) is 10.2. The number of benzene rings is 1. The molecule has 1 aromatic carbocycles. The zero-order valence-corrected chi connectivity index (χ0v) is 12.1. The van der Waals surface area contributed by atoms with Gasteiger partial charge in [-0.1, -0.05) is 12.1 Å². The number of aromatic nitrogens is 1. The summed E-state index contributed by atoms with van der Waals surface area (Å²) in [6.45, 7) is 2.94. The molecule has 4 rings (SSSR count). The van der Waals surface area contributed by atoms with Gasteiger partial charge >= 0.3 is 0 Å². The number of anilines is 1. The Kier molecular flexibility index (Phi) is 2.93. The van der Waals surface area contributed by atoms with Crippen LogP contribution in [0.5, 0.6) is 0 Å². The molecule has 1 atom stereocenters. The van der Waals surface area contributed by atoms with Crippen molar-refractivity contribution < 1.29 is 4.39 Å². The second-order valence-electron chi connectivity index (χ2n) is 5.98. The summed E-state index contributed by atoms with van der Waals surface area (Å²) in [5, 5.41) is 0. The van der Waals surface area contributed by atoms with E-state index in [1.807, 2.05) is 18.3 Å². The molecule has 0 amide bonds. The Morgan fingerprint density at radius 3 is 3.00 bits per heavy atom. The molecule has 1 saturated heterocycles. The highest BCUT2D eigenvalue weighted by Crippen LogP contribution is 2.37. The number of hydrogen-bond acceptors (Lipinski definition) is 3. The monoisotopic (exact) mass is 283 g/mol. The standard InChI is InChI=1S/C17H18FN3/c1-20-7-8-21-16(11-20)15-5-4-14(18)10-13(15)9-12-3-2-6-19-17(12)21/h2-6,10,16H,7-9,11H2,1H3. The van der Waals surface area contributed by atoms with Crippen molar-refractivity contribution in [3.63, 3.8) is 0 Å². The van der Waals surface area contributed by atoms with Crippen LogP contribution in [-0.4, -0.2) is 36.6 Å². The number of piperazine rings is 1. The summed E-state index contributed by atoms with van der Waals surface area (Å²) in [7, 11) is 2.14. The number of pyridine rings is 1. The van der Waals surface area contributed by atoms with E-state index in [2.05, 4.69) is 27.9 Å². The summed E-state index contributed by atoms with van der Waals surface area (Å²) in [4.78, 5) is 9.33. The van der Waals surface area contributed by atoms with Crippen LogP contribution in [0.4, 0.5) is 10.2 Å². The molecule has 0 saturated carbocycles. The smallest absolute Gasteiger partial charge is 0.132 e. The molecule has 0 bridgehead atoms. The summed E-state index contributed by atoms with van der Waals surface area (Å²) < 4.78 is 13.7. The first-order valence-electron chi connectivity index (χ1n) is 7.40. The highest BCUT2D eigenvalue weighted by atomic mass is 19.1. The third-order valence-corrected chi connectivity index (χ3v) is 4.57. The molecular weight excluding hydrogens is 265 g/mol. The molecule has 21 heavy (non-hydrogen) atoms. The van der Waals surface area contributed by atoms with Crippen LogP contribution in [0.2, 0.25) is 0 Å². The number of halogens is 1. The Morgan fingerprint density at radius 1 is 1.19 bits per heavy atom. The van der Waals surface area contributed by atoms with E-state index in [4.69, 9.17) is 0 Å². The van der Waals surface area contributed by atoms with Gasteiger partial charge in [-0.15, -0.1) is 0 Å².